The van der Waals surface area contributed by atoms with Crippen molar-refractivity contribution in [1.29, 1.82) is 0 Å². The van der Waals surface area contributed by atoms with Crippen molar-refractivity contribution in [3.63, 3.8) is 0 Å². The SMILES string of the molecule is CC[C@H](C)n1cc(-c2nc(-c3cnn(CC(O)CO)c3)cn3nccc23)cn1.Cl. The standard InChI is InChI=1S/C19H23N7O2.ClH/c1-3-13(2)25-9-15(7-22-25)19-18-4-5-20-26(18)11-17(23-19)14-6-21-24(8-14)10-16(28)12-27;/h4-9,11,13,16,27-28H,3,10,12H2,1-2H3;1H/t13-,16?;/m0./s1. The highest BCUT2D eigenvalue weighted by atomic mass is 35.5. The average Bonchev–Trinajstić information content (AvgIpc) is 3.46. The number of nitrogens with zero attached hydrogens (tertiary/aromatic N) is 7. The van der Waals surface area contributed by atoms with Gasteiger partial charge in [-0.25, -0.2) is 9.50 Å². The fraction of sp³-hybridized carbons (Fsp3) is 0.368. The van der Waals surface area contributed by atoms with Crippen LogP contribution in [0.1, 0.15) is 26.3 Å². The van der Waals surface area contributed by atoms with Crippen LogP contribution in [0.5, 0.6) is 0 Å². The minimum atomic E-state index is -0.851. The van der Waals surface area contributed by atoms with Crippen molar-refractivity contribution in [1.82, 2.24) is 34.2 Å². The van der Waals surface area contributed by atoms with E-state index < -0.39 is 6.10 Å². The lowest BCUT2D eigenvalue weighted by atomic mass is 10.2. The highest BCUT2D eigenvalue weighted by Crippen LogP contribution is 2.27. The predicted octanol–water partition coefficient (Wildman–Crippen LogP) is 2.20. The molecule has 1 unspecified atom stereocenters. The summed E-state index contributed by atoms with van der Waals surface area (Å²) < 4.78 is 5.33. The Labute approximate surface area is 174 Å². The van der Waals surface area contributed by atoms with Crippen molar-refractivity contribution < 1.29 is 10.2 Å². The summed E-state index contributed by atoms with van der Waals surface area (Å²) in [4.78, 5) is 4.85. The van der Waals surface area contributed by atoms with Crippen LogP contribution in [0.15, 0.2) is 43.2 Å². The van der Waals surface area contributed by atoms with E-state index in [1.807, 2.05) is 29.3 Å². The monoisotopic (exact) mass is 417 g/mol. The molecule has 10 heteroatoms. The molecule has 2 atom stereocenters. The summed E-state index contributed by atoms with van der Waals surface area (Å²) in [5, 5.41) is 31.7. The lowest BCUT2D eigenvalue weighted by Crippen LogP contribution is -2.19. The van der Waals surface area contributed by atoms with Gasteiger partial charge < -0.3 is 10.2 Å². The minimum absolute atomic E-state index is 0. The fourth-order valence-corrected chi connectivity index (χ4v) is 3.04. The van der Waals surface area contributed by atoms with E-state index in [1.54, 1.807) is 27.8 Å². The van der Waals surface area contributed by atoms with Gasteiger partial charge in [0, 0.05) is 29.6 Å². The Morgan fingerprint density at radius 2 is 1.86 bits per heavy atom. The van der Waals surface area contributed by atoms with Gasteiger partial charge in [-0.05, 0) is 19.4 Å². The zero-order valence-corrected chi connectivity index (χ0v) is 17.1. The molecular weight excluding hydrogens is 394 g/mol. The molecule has 29 heavy (non-hydrogen) atoms. The van der Waals surface area contributed by atoms with E-state index in [4.69, 9.17) is 10.1 Å². The molecule has 0 saturated heterocycles. The first-order chi connectivity index (χ1) is 13.6. The van der Waals surface area contributed by atoms with Gasteiger partial charge in [-0.2, -0.15) is 15.3 Å². The van der Waals surface area contributed by atoms with E-state index in [2.05, 4.69) is 29.1 Å². The van der Waals surface area contributed by atoms with Gasteiger partial charge >= 0.3 is 0 Å². The summed E-state index contributed by atoms with van der Waals surface area (Å²) in [5.74, 6) is 0. The molecule has 0 aliphatic heterocycles. The summed E-state index contributed by atoms with van der Waals surface area (Å²) in [6.45, 7) is 4.17. The Hall–Kier alpha value is -2.75. The second-order valence-corrected chi connectivity index (χ2v) is 6.89. The first-order valence-electron chi connectivity index (χ1n) is 9.29. The topological polar surface area (TPSA) is 106 Å². The maximum Gasteiger partial charge on any atom is 0.0999 e. The highest BCUT2D eigenvalue weighted by molar-refractivity contribution is 5.85. The zero-order chi connectivity index (χ0) is 19.7. The maximum absolute atomic E-state index is 9.62. The van der Waals surface area contributed by atoms with E-state index in [-0.39, 0.29) is 25.6 Å². The van der Waals surface area contributed by atoms with Crippen molar-refractivity contribution >= 4 is 17.9 Å². The lowest BCUT2D eigenvalue weighted by molar-refractivity contribution is 0.0783. The smallest absolute Gasteiger partial charge is 0.0999 e. The van der Waals surface area contributed by atoms with E-state index >= 15 is 0 Å². The van der Waals surface area contributed by atoms with Crippen molar-refractivity contribution in [2.24, 2.45) is 0 Å². The van der Waals surface area contributed by atoms with E-state index in [1.165, 1.54) is 0 Å². The van der Waals surface area contributed by atoms with Gasteiger partial charge in [0.1, 0.15) is 0 Å². The average molecular weight is 418 g/mol. The number of aromatic nitrogens is 7. The summed E-state index contributed by atoms with van der Waals surface area (Å²) in [6.07, 6.45) is 11.1. The summed E-state index contributed by atoms with van der Waals surface area (Å²) in [7, 11) is 0. The third-order valence-corrected chi connectivity index (χ3v) is 4.84. The maximum atomic E-state index is 9.62. The molecule has 0 saturated carbocycles. The Kier molecular flexibility index (Phi) is 6.31. The van der Waals surface area contributed by atoms with Crippen LogP contribution in [-0.2, 0) is 6.54 Å². The Balaban J connectivity index is 0.00000240. The molecule has 154 valence electrons. The lowest BCUT2D eigenvalue weighted by Gasteiger charge is -2.08. The van der Waals surface area contributed by atoms with Gasteiger partial charge in [0.05, 0.1) is 60.9 Å². The summed E-state index contributed by atoms with van der Waals surface area (Å²) in [5.41, 5.74) is 4.14. The van der Waals surface area contributed by atoms with Gasteiger partial charge in [0.15, 0.2) is 0 Å². The van der Waals surface area contributed by atoms with E-state index in [9.17, 15) is 5.11 Å². The molecule has 2 N–H and O–H groups in total. The number of aliphatic hydroxyl groups is 2. The largest absolute Gasteiger partial charge is 0.394 e. The molecule has 0 fully saturated rings. The molecular formula is C19H24ClN7O2. The van der Waals surface area contributed by atoms with Crippen LogP contribution < -0.4 is 0 Å². The van der Waals surface area contributed by atoms with E-state index in [0.29, 0.717) is 11.7 Å². The number of hydrogen-bond donors (Lipinski definition) is 2. The highest BCUT2D eigenvalue weighted by Gasteiger charge is 2.15. The van der Waals surface area contributed by atoms with E-state index in [0.717, 1.165) is 28.8 Å². The fourth-order valence-electron chi connectivity index (χ4n) is 3.04. The molecule has 0 amide bonds. The van der Waals surface area contributed by atoms with Crippen LogP contribution in [0.2, 0.25) is 0 Å². The zero-order valence-electron chi connectivity index (χ0n) is 16.3. The molecule has 0 aliphatic carbocycles. The first kappa shape index (κ1) is 21.0. The number of halogens is 1. The van der Waals surface area contributed by atoms with Crippen LogP contribution in [0.4, 0.5) is 0 Å². The van der Waals surface area contributed by atoms with Crippen LogP contribution in [0.3, 0.4) is 0 Å². The van der Waals surface area contributed by atoms with Crippen LogP contribution >= 0.6 is 12.4 Å². The van der Waals surface area contributed by atoms with Gasteiger partial charge in [-0.3, -0.25) is 9.36 Å². The molecule has 0 spiro atoms. The molecule has 4 aromatic rings. The van der Waals surface area contributed by atoms with Crippen molar-refractivity contribution in [3.05, 3.63) is 43.2 Å². The Bertz CT molecular complexity index is 1090. The molecule has 4 heterocycles. The van der Waals surface area contributed by atoms with Crippen LogP contribution in [-0.4, -0.2) is 57.1 Å². The minimum Gasteiger partial charge on any atom is -0.394 e. The normalized spacial score (nSPS) is 13.4. The summed E-state index contributed by atoms with van der Waals surface area (Å²) in [6, 6.07) is 2.24. The second kappa shape index (κ2) is 8.73. The van der Waals surface area contributed by atoms with Crippen molar-refractivity contribution in [2.45, 2.75) is 39.0 Å². The number of aliphatic hydroxyl groups excluding tert-OH is 2. The van der Waals surface area contributed by atoms with Crippen LogP contribution in [0.25, 0.3) is 28.0 Å². The van der Waals surface area contributed by atoms with Gasteiger partial charge in [0.2, 0.25) is 0 Å². The van der Waals surface area contributed by atoms with Crippen molar-refractivity contribution in [2.75, 3.05) is 6.61 Å². The third-order valence-electron chi connectivity index (χ3n) is 4.84. The first-order valence-corrected chi connectivity index (χ1v) is 9.29. The quantitative estimate of drug-likeness (QED) is 0.477. The second-order valence-electron chi connectivity index (χ2n) is 6.89. The Morgan fingerprint density at radius 3 is 2.62 bits per heavy atom. The molecule has 0 aromatic carbocycles. The third kappa shape index (κ3) is 4.16. The Morgan fingerprint density at radius 1 is 1.07 bits per heavy atom. The molecule has 4 aromatic heterocycles. The number of fused-ring (bicyclic) bond motifs is 1. The van der Waals surface area contributed by atoms with Gasteiger partial charge in [0.25, 0.3) is 0 Å². The molecule has 0 radical (unpaired) electrons. The summed E-state index contributed by atoms with van der Waals surface area (Å²) >= 11 is 0. The molecule has 0 bridgehead atoms. The number of hydrogen-bond acceptors (Lipinski definition) is 6. The number of rotatable bonds is 7. The molecule has 0 aliphatic rings. The molecule has 9 nitrogen and oxygen atoms in total. The van der Waals surface area contributed by atoms with Gasteiger partial charge in [-0.1, -0.05) is 6.92 Å². The van der Waals surface area contributed by atoms with Crippen LogP contribution in [0, 0.1) is 0 Å². The molecule has 4 rings (SSSR count). The van der Waals surface area contributed by atoms with Gasteiger partial charge in [-0.15, -0.1) is 12.4 Å². The predicted molar refractivity (Wildman–Crippen MR) is 111 cm³/mol. The van der Waals surface area contributed by atoms with Crippen molar-refractivity contribution in [3.8, 4) is 22.5 Å².